The van der Waals surface area contributed by atoms with Crippen LogP contribution in [0.5, 0.6) is 0 Å². The molecule has 0 atom stereocenters. The van der Waals surface area contributed by atoms with E-state index < -0.39 is 12.1 Å². The van der Waals surface area contributed by atoms with E-state index in [-0.39, 0.29) is 11.7 Å². The van der Waals surface area contributed by atoms with Gasteiger partial charge in [0.1, 0.15) is 0 Å². The number of nitrogens with zero attached hydrogens (tertiary/aromatic N) is 1. The molecule has 0 spiro atoms. The Kier molecular flexibility index (Phi) is 8.31. The minimum absolute atomic E-state index is 0.211. The molecule has 1 aromatic carbocycles. The third kappa shape index (κ3) is 6.87. The Bertz CT molecular complexity index is 645. The fourth-order valence-electron chi connectivity index (χ4n) is 2.49. The average Bonchev–Trinajstić information content (AvgIpc) is 2.55. The largest absolute Gasteiger partial charge is 0.471 e. The molecule has 1 aromatic rings. The summed E-state index contributed by atoms with van der Waals surface area (Å²) in [5, 5.41) is 1.96. The smallest absolute Gasteiger partial charge is 0.466 e. The Morgan fingerprint density at radius 2 is 2.08 bits per heavy atom. The lowest BCUT2D eigenvalue weighted by Crippen LogP contribution is -2.33. The summed E-state index contributed by atoms with van der Waals surface area (Å²) in [4.78, 5) is 23.0. The van der Waals surface area contributed by atoms with Crippen LogP contribution in [0.15, 0.2) is 30.9 Å². The highest BCUT2D eigenvalue weighted by Gasteiger charge is 2.39. The molecule has 0 aromatic heterocycles. The van der Waals surface area contributed by atoms with E-state index in [1.54, 1.807) is 19.1 Å². The SMILES string of the molecule is C=CCN1CCc2cccc(NC(=O)C(F)(F)F)c2C1.CCOC(C)=O. The molecule has 8 heteroatoms. The number of carbonyl (C=O) groups is 2. The second-order valence-corrected chi connectivity index (χ2v) is 5.59. The molecule has 1 aliphatic rings. The van der Waals surface area contributed by atoms with Crippen molar-refractivity contribution in [2.45, 2.75) is 33.0 Å². The predicted molar refractivity (Wildman–Crippen MR) is 92.6 cm³/mol. The van der Waals surface area contributed by atoms with Crippen molar-refractivity contribution in [1.82, 2.24) is 4.90 Å². The average molecular weight is 372 g/mol. The number of alkyl halides is 3. The summed E-state index contributed by atoms with van der Waals surface area (Å²) >= 11 is 0. The van der Waals surface area contributed by atoms with Crippen molar-refractivity contribution >= 4 is 17.6 Å². The first-order valence-electron chi connectivity index (χ1n) is 8.14. The zero-order chi connectivity index (χ0) is 19.7. The van der Waals surface area contributed by atoms with E-state index in [0.717, 1.165) is 24.1 Å². The van der Waals surface area contributed by atoms with Gasteiger partial charge in [0.05, 0.1) is 6.61 Å². The van der Waals surface area contributed by atoms with Crippen LogP contribution in [0.4, 0.5) is 18.9 Å². The fraction of sp³-hybridized carbons (Fsp3) is 0.444. The first-order chi connectivity index (χ1) is 12.2. The molecule has 1 heterocycles. The van der Waals surface area contributed by atoms with Crippen LogP contribution in [0.1, 0.15) is 25.0 Å². The number of amides is 1. The van der Waals surface area contributed by atoms with Crippen LogP contribution in [-0.2, 0) is 27.3 Å². The first-order valence-corrected chi connectivity index (χ1v) is 8.14. The minimum Gasteiger partial charge on any atom is -0.466 e. The van der Waals surface area contributed by atoms with Gasteiger partial charge in [-0.3, -0.25) is 14.5 Å². The standard InChI is InChI=1S/C14H15F3N2O.C4H8O2/c1-2-7-19-8-6-10-4-3-5-12(11(10)9-19)18-13(20)14(15,16)17;1-3-6-4(2)5/h2-5H,1,6-9H2,(H,18,20);3H2,1-2H3. The number of rotatable bonds is 4. The summed E-state index contributed by atoms with van der Waals surface area (Å²) in [7, 11) is 0. The van der Waals surface area contributed by atoms with Gasteiger partial charge in [0.2, 0.25) is 0 Å². The maximum Gasteiger partial charge on any atom is 0.471 e. The number of hydrogen-bond acceptors (Lipinski definition) is 4. The second kappa shape index (κ2) is 9.96. The van der Waals surface area contributed by atoms with Gasteiger partial charge in [0.25, 0.3) is 0 Å². The van der Waals surface area contributed by atoms with Gasteiger partial charge >= 0.3 is 18.1 Å². The lowest BCUT2D eigenvalue weighted by molar-refractivity contribution is -0.167. The number of halogens is 3. The maximum atomic E-state index is 12.3. The summed E-state index contributed by atoms with van der Waals surface area (Å²) in [6.45, 7) is 9.31. The number of anilines is 1. The van der Waals surface area contributed by atoms with Gasteiger partial charge in [-0.1, -0.05) is 18.2 Å². The number of carbonyl (C=O) groups excluding carboxylic acids is 2. The third-order valence-corrected chi connectivity index (χ3v) is 3.59. The predicted octanol–water partition coefficient (Wildman–Crippen LogP) is 3.30. The molecule has 5 nitrogen and oxygen atoms in total. The van der Waals surface area contributed by atoms with E-state index in [2.05, 4.69) is 16.2 Å². The number of fused-ring (bicyclic) bond motifs is 1. The van der Waals surface area contributed by atoms with Crippen molar-refractivity contribution in [2.75, 3.05) is 25.0 Å². The first kappa shape index (κ1) is 21.7. The van der Waals surface area contributed by atoms with Crippen LogP contribution in [-0.4, -0.2) is 42.6 Å². The molecule has 0 unspecified atom stereocenters. The van der Waals surface area contributed by atoms with Gasteiger partial charge in [-0.25, -0.2) is 0 Å². The van der Waals surface area contributed by atoms with E-state index >= 15 is 0 Å². The molecule has 0 saturated carbocycles. The van der Waals surface area contributed by atoms with E-state index in [1.165, 1.54) is 13.0 Å². The number of nitrogens with one attached hydrogen (secondary N) is 1. The van der Waals surface area contributed by atoms with Gasteiger partial charge in [0.15, 0.2) is 0 Å². The van der Waals surface area contributed by atoms with E-state index in [9.17, 15) is 22.8 Å². The molecular weight excluding hydrogens is 349 g/mol. The van der Waals surface area contributed by atoms with Gasteiger partial charge in [0, 0.05) is 32.2 Å². The quantitative estimate of drug-likeness (QED) is 0.651. The molecule has 0 radical (unpaired) electrons. The van der Waals surface area contributed by atoms with Gasteiger partial charge in [-0.15, -0.1) is 6.58 Å². The highest BCUT2D eigenvalue weighted by molar-refractivity contribution is 5.95. The Morgan fingerprint density at radius 3 is 2.58 bits per heavy atom. The van der Waals surface area contributed by atoms with E-state index in [1.807, 2.05) is 11.4 Å². The van der Waals surface area contributed by atoms with Crippen molar-refractivity contribution in [1.29, 1.82) is 0 Å². The molecular formula is C18H23F3N2O3. The molecule has 1 amide bonds. The molecule has 0 fully saturated rings. The third-order valence-electron chi connectivity index (χ3n) is 3.59. The highest BCUT2D eigenvalue weighted by atomic mass is 19.4. The molecule has 144 valence electrons. The van der Waals surface area contributed by atoms with Crippen molar-refractivity contribution in [3.63, 3.8) is 0 Å². The number of benzene rings is 1. The highest BCUT2D eigenvalue weighted by Crippen LogP contribution is 2.28. The summed E-state index contributed by atoms with van der Waals surface area (Å²) in [5.41, 5.74) is 1.96. The second-order valence-electron chi connectivity index (χ2n) is 5.59. The molecule has 1 N–H and O–H groups in total. The van der Waals surface area contributed by atoms with Crippen LogP contribution in [0.25, 0.3) is 0 Å². The van der Waals surface area contributed by atoms with Crippen LogP contribution >= 0.6 is 0 Å². The molecule has 0 bridgehead atoms. The van der Waals surface area contributed by atoms with Gasteiger partial charge in [-0.2, -0.15) is 13.2 Å². The Balaban J connectivity index is 0.000000487. The normalized spacial score (nSPS) is 13.7. The zero-order valence-corrected chi connectivity index (χ0v) is 14.9. The summed E-state index contributed by atoms with van der Waals surface area (Å²) < 4.78 is 41.4. The van der Waals surface area contributed by atoms with Crippen molar-refractivity contribution in [2.24, 2.45) is 0 Å². The molecule has 2 rings (SSSR count). The maximum absolute atomic E-state index is 12.3. The molecule has 26 heavy (non-hydrogen) atoms. The fourth-order valence-corrected chi connectivity index (χ4v) is 2.49. The lowest BCUT2D eigenvalue weighted by atomic mass is 9.98. The zero-order valence-electron chi connectivity index (χ0n) is 14.9. The van der Waals surface area contributed by atoms with Gasteiger partial charge < -0.3 is 10.1 Å². The van der Waals surface area contributed by atoms with Crippen LogP contribution in [0.3, 0.4) is 0 Å². The van der Waals surface area contributed by atoms with Crippen molar-refractivity contribution in [3.05, 3.63) is 42.0 Å². The van der Waals surface area contributed by atoms with Crippen molar-refractivity contribution in [3.8, 4) is 0 Å². The van der Waals surface area contributed by atoms with Crippen LogP contribution < -0.4 is 5.32 Å². The summed E-state index contributed by atoms with van der Waals surface area (Å²) in [6, 6.07) is 5.04. The van der Waals surface area contributed by atoms with Gasteiger partial charge in [-0.05, 0) is 30.5 Å². The molecule has 1 aliphatic heterocycles. The Morgan fingerprint density at radius 1 is 1.38 bits per heavy atom. The summed E-state index contributed by atoms with van der Waals surface area (Å²) in [6.07, 6.45) is -2.38. The monoisotopic (exact) mass is 372 g/mol. The van der Waals surface area contributed by atoms with E-state index in [0.29, 0.717) is 19.7 Å². The summed E-state index contributed by atoms with van der Waals surface area (Å²) in [5.74, 6) is -2.15. The van der Waals surface area contributed by atoms with Crippen LogP contribution in [0, 0.1) is 0 Å². The number of ether oxygens (including phenoxy) is 1. The Labute approximate surface area is 150 Å². The number of hydrogen-bond donors (Lipinski definition) is 1. The number of esters is 1. The molecule has 0 saturated heterocycles. The van der Waals surface area contributed by atoms with E-state index in [4.69, 9.17) is 0 Å². The van der Waals surface area contributed by atoms with Crippen LogP contribution in [0.2, 0.25) is 0 Å². The molecule has 0 aliphatic carbocycles. The van der Waals surface area contributed by atoms with Crippen molar-refractivity contribution < 1.29 is 27.5 Å². The Hall–Kier alpha value is -2.35. The minimum atomic E-state index is -4.88. The lowest BCUT2D eigenvalue weighted by Gasteiger charge is -2.29. The topological polar surface area (TPSA) is 58.6 Å².